The molecule has 2 N–H and O–H groups in total. The van der Waals surface area contributed by atoms with Crippen molar-refractivity contribution in [3.8, 4) is 0 Å². The largest absolute Gasteiger partial charge is 0.444 e. The molecule has 0 unspecified atom stereocenters. The topological polar surface area (TPSA) is 50.4 Å². The number of hydrogen-bond acceptors (Lipinski definition) is 3. The quantitative estimate of drug-likeness (QED) is 0.665. The molecule has 0 spiro atoms. The smallest absolute Gasteiger partial charge is 0.407 e. The van der Waals surface area contributed by atoms with Crippen LogP contribution in [0.5, 0.6) is 0 Å². The molecular formula is C7H11F3N2O2. The molecule has 1 heterocycles. The molecule has 0 aromatic carbocycles. The average molecular weight is 212 g/mol. The number of halogens is 3. The molecule has 0 aliphatic carbocycles. The summed E-state index contributed by atoms with van der Waals surface area (Å²) in [5.74, 6) is -1.61. The average Bonchev–Trinajstić information content (AvgIpc) is 2.51. The van der Waals surface area contributed by atoms with Crippen LogP contribution in [0.25, 0.3) is 0 Å². The predicted molar refractivity (Wildman–Crippen MR) is 41.7 cm³/mol. The maximum Gasteiger partial charge on any atom is 0.407 e. The normalized spacial score (nSPS) is 27.4. The van der Waals surface area contributed by atoms with Gasteiger partial charge in [-0.2, -0.15) is 13.2 Å². The van der Waals surface area contributed by atoms with Gasteiger partial charge in [0, 0.05) is 20.1 Å². The van der Waals surface area contributed by atoms with Crippen LogP contribution in [0.15, 0.2) is 0 Å². The number of alkyl halides is 3. The van der Waals surface area contributed by atoms with Crippen LogP contribution in [0.1, 0.15) is 0 Å². The molecule has 0 radical (unpaired) electrons. The number of nitrogens with one attached hydrogen (secondary N) is 2. The number of ether oxygens (including phenoxy) is 1. The van der Waals surface area contributed by atoms with Gasteiger partial charge in [-0.25, -0.2) is 4.79 Å². The second kappa shape index (κ2) is 4.04. The van der Waals surface area contributed by atoms with Gasteiger partial charge >= 0.3 is 12.3 Å². The first-order valence-electron chi connectivity index (χ1n) is 4.11. The van der Waals surface area contributed by atoms with E-state index in [-0.39, 0.29) is 13.1 Å². The lowest BCUT2D eigenvalue weighted by molar-refractivity contribution is -0.187. The maximum absolute atomic E-state index is 12.3. The monoisotopic (exact) mass is 212 g/mol. The number of alkyl carbamates (subject to hydrolysis) is 1. The summed E-state index contributed by atoms with van der Waals surface area (Å²) in [6.07, 6.45) is -6.30. The molecule has 14 heavy (non-hydrogen) atoms. The molecule has 0 aromatic rings. The second-order valence-corrected chi connectivity index (χ2v) is 3.00. The lowest BCUT2D eigenvalue weighted by Crippen LogP contribution is -2.38. The molecule has 1 aliphatic heterocycles. The van der Waals surface area contributed by atoms with E-state index in [4.69, 9.17) is 0 Å². The van der Waals surface area contributed by atoms with Crippen molar-refractivity contribution in [1.29, 1.82) is 0 Å². The standard InChI is InChI=1S/C7H11F3N2O2/c1-11-6(13)14-5-3-12-2-4(5)7(8,9)10/h4-5,12H,2-3H2,1H3,(H,11,13)/t4-,5+/m0/s1. The van der Waals surface area contributed by atoms with Gasteiger partial charge in [0.05, 0.1) is 0 Å². The van der Waals surface area contributed by atoms with Crippen molar-refractivity contribution in [1.82, 2.24) is 10.6 Å². The van der Waals surface area contributed by atoms with E-state index in [1.165, 1.54) is 7.05 Å². The van der Waals surface area contributed by atoms with Crippen LogP contribution in [0.2, 0.25) is 0 Å². The Morgan fingerprint density at radius 2 is 2.14 bits per heavy atom. The summed E-state index contributed by atoms with van der Waals surface area (Å²) in [6, 6.07) is 0. The minimum absolute atomic E-state index is 0.0393. The van der Waals surface area contributed by atoms with Crippen molar-refractivity contribution in [2.24, 2.45) is 5.92 Å². The molecular weight excluding hydrogens is 201 g/mol. The first kappa shape index (κ1) is 11.1. The molecule has 1 rings (SSSR count). The van der Waals surface area contributed by atoms with Gasteiger partial charge in [-0.1, -0.05) is 0 Å². The molecule has 0 aromatic heterocycles. The van der Waals surface area contributed by atoms with Crippen molar-refractivity contribution in [3.05, 3.63) is 0 Å². The summed E-state index contributed by atoms with van der Waals surface area (Å²) >= 11 is 0. The number of rotatable bonds is 1. The van der Waals surface area contributed by atoms with Crippen LogP contribution in [0, 0.1) is 5.92 Å². The summed E-state index contributed by atoms with van der Waals surface area (Å²) in [6.45, 7) is -0.164. The number of amides is 1. The van der Waals surface area contributed by atoms with Gasteiger partial charge in [-0.15, -0.1) is 0 Å². The van der Waals surface area contributed by atoms with Gasteiger partial charge in [0.15, 0.2) is 0 Å². The molecule has 1 fully saturated rings. The van der Waals surface area contributed by atoms with Crippen LogP contribution < -0.4 is 10.6 Å². The van der Waals surface area contributed by atoms with Gasteiger partial charge in [0.25, 0.3) is 0 Å². The second-order valence-electron chi connectivity index (χ2n) is 3.00. The highest BCUT2D eigenvalue weighted by Crippen LogP contribution is 2.32. The maximum atomic E-state index is 12.3. The third-order valence-corrected chi connectivity index (χ3v) is 2.04. The first-order valence-corrected chi connectivity index (χ1v) is 4.11. The van der Waals surface area contributed by atoms with Crippen LogP contribution in [-0.2, 0) is 4.74 Å². The molecule has 7 heteroatoms. The Balaban J connectivity index is 2.56. The van der Waals surface area contributed by atoms with Crippen LogP contribution in [0.4, 0.5) is 18.0 Å². The van der Waals surface area contributed by atoms with Gasteiger partial charge in [0.1, 0.15) is 12.0 Å². The van der Waals surface area contributed by atoms with Gasteiger partial charge < -0.3 is 15.4 Å². The van der Waals surface area contributed by atoms with Gasteiger partial charge in [0.2, 0.25) is 0 Å². The molecule has 82 valence electrons. The minimum Gasteiger partial charge on any atom is -0.444 e. The number of hydrogen-bond donors (Lipinski definition) is 2. The fraction of sp³-hybridized carbons (Fsp3) is 0.857. The van der Waals surface area contributed by atoms with E-state index in [2.05, 4.69) is 15.4 Å². The highest BCUT2D eigenvalue weighted by Gasteiger charge is 2.48. The van der Waals surface area contributed by atoms with Crippen LogP contribution in [-0.4, -0.2) is 38.5 Å². The molecule has 2 atom stereocenters. The Morgan fingerprint density at radius 3 is 2.64 bits per heavy atom. The fourth-order valence-corrected chi connectivity index (χ4v) is 1.30. The van der Waals surface area contributed by atoms with E-state index < -0.39 is 24.3 Å². The number of carbonyl (C=O) groups is 1. The van der Waals surface area contributed by atoms with E-state index in [0.29, 0.717) is 0 Å². The molecule has 0 saturated carbocycles. The zero-order valence-electron chi connectivity index (χ0n) is 7.52. The summed E-state index contributed by atoms with van der Waals surface area (Å²) < 4.78 is 41.5. The predicted octanol–water partition coefficient (Wildman–Crippen LogP) is 0.493. The van der Waals surface area contributed by atoms with Gasteiger partial charge in [-0.05, 0) is 0 Å². The molecule has 4 nitrogen and oxygen atoms in total. The Bertz CT molecular complexity index is 219. The van der Waals surface area contributed by atoms with Crippen molar-refractivity contribution < 1.29 is 22.7 Å². The summed E-state index contributed by atoms with van der Waals surface area (Å²) in [5, 5.41) is 4.64. The van der Waals surface area contributed by atoms with E-state index in [0.717, 1.165) is 0 Å². The SMILES string of the molecule is CNC(=O)O[C@@H]1CNC[C@@H]1C(F)(F)F. The lowest BCUT2D eigenvalue weighted by Gasteiger charge is -2.20. The van der Waals surface area contributed by atoms with Crippen molar-refractivity contribution in [2.45, 2.75) is 12.3 Å². The molecule has 1 saturated heterocycles. The van der Waals surface area contributed by atoms with E-state index >= 15 is 0 Å². The summed E-state index contributed by atoms with van der Waals surface area (Å²) in [4.78, 5) is 10.7. The Morgan fingerprint density at radius 1 is 1.50 bits per heavy atom. The van der Waals surface area contributed by atoms with Crippen molar-refractivity contribution in [2.75, 3.05) is 20.1 Å². The van der Waals surface area contributed by atoms with Crippen LogP contribution in [0.3, 0.4) is 0 Å². The minimum atomic E-state index is -4.33. The zero-order valence-corrected chi connectivity index (χ0v) is 7.52. The summed E-state index contributed by atoms with van der Waals surface area (Å²) in [7, 11) is 1.30. The molecule has 1 amide bonds. The van der Waals surface area contributed by atoms with E-state index in [9.17, 15) is 18.0 Å². The Hall–Kier alpha value is -0.980. The first-order chi connectivity index (χ1) is 6.45. The Kier molecular flexibility index (Phi) is 3.20. The zero-order chi connectivity index (χ0) is 10.8. The van der Waals surface area contributed by atoms with E-state index in [1.54, 1.807) is 0 Å². The molecule has 0 bridgehead atoms. The fourth-order valence-electron chi connectivity index (χ4n) is 1.30. The highest BCUT2D eigenvalue weighted by molar-refractivity contribution is 5.66. The van der Waals surface area contributed by atoms with Crippen molar-refractivity contribution >= 4 is 6.09 Å². The highest BCUT2D eigenvalue weighted by atomic mass is 19.4. The van der Waals surface area contributed by atoms with Crippen LogP contribution >= 0.6 is 0 Å². The lowest BCUT2D eigenvalue weighted by atomic mass is 10.1. The Labute approximate surface area is 78.8 Å². The number of carbonyl (C=O) groups excluding carboxylic acids is 1. The van der Waals surface area contributed by atoms with Gasteiger partial charge in [-0.3, -0.25) is 0 Å². The van der Waals surface area contributed by atoms with Crippen molar-refractivity contribution in [3.63, 3.8) is 0 Å². The third-order valence-electron chi connectivity index (χ3n) is 2.04. The summed E-state index contributed by atoms with van der Waals surface area (Å²) in [5.41, 5.74) is 0. The molecule has 1 aliphatic rings. The van der Waals surface area contributed by atoms with E-state index in [1.807, 2.05) is 0 Å². The third kappa shape index (κ3) is 2.50.